The summed E-state index contributed by atoms with van der Waals surface area (Å²) in [5.74, 6) is -3.99. The third kappa shape index (κ3) is 2.05. The first-order valence-electron chi connectivity index (χ1n) is 4.87. The van der Waals surface area contributed by atoms with Gasteiger partial charge in [0.1, 0.15) is 23.3 Å². The second kappa shape index (κ2) is 4.49. The highest BCUT2D eigenvalue weighted by atomic mass is 19.1. The van der Waals surface area contributed by atoms with E-state index in [1.807, 2.05) is 0 Å². The van der Waals surface area contributed by atoms with E-state index < -0.39 is 34.4 Å². The number of benzene rings is 2. The average molecular weight is 251 g/mol. The van der Waals surface area contributed by atoms with Crippen molar-refractivity contribution >= 4 is 0 Å². The van der Waals surface area contributed by atoms with Crippen LogP contribution in [0.3, 0.4) is 0 Å². The van der Waals surface area contributed by atoms with Gasteiger partial charge in [-0.15, -0.1) is 0 Å². The van der Waals surface area contributed by atoms with Crippen LogP contribution >= 0.6 is 0 Å². The van der Waals surface area contributed by atoms with E-state index in [9.17, 15) is 17.6 Å². The molecule has 18 heavy (non-hydrogen) atoms. The summed E-state index contributed by atoms with van der Waals surface area (Å²) in [6.45, 7) is 0. The van der Waals surface area contributed by atoms with Crippen molar-refractivity contribution in [2.75, 3.05) is 0 Å². The van der Waals surface area contributed by atoms with Crippen molar-refractivity contribution in [3.05, 3.63) is 59.2 Å². The van der Waals surface area contributed by atoms with E-state index >= 15 is 0 Å². The summed E-state index contributed by atoms with van der Waals surface area (Å²) >= 11 is 0. The van der Waals surface area contributed by atoms with Crippen LogP contribution in [0.15, 0.2) is 30.3 Å². The molecule has 0 fully saturated rings. The molecule has 0 spiro atoms. The monoisotopic (exact) mass is 251 g/mol. The van der Waals surface area contributed by atoms with Crippen molar-refractivity contribution in [2.45, 2.75) is 0 Å². The van der Waals surface area contributed by atoms with Gasteiger partial charge in [-0.05, 0) is 30.3 Å². The molecule has 0 aliphatic heterocycles. The maximum absolute atomic E-state index is 13.6. The first-order chi connectivity index (χ1) is 8.52. The molecule has 0 unspecified atom stereocenters. The lowest BCUT2D eigenvalue weighted by atomic mass is 10.0. The van der Waals surface area contributed by atoms with Gasteiger partial charge in [0.15, 0.2) is 0 Å². The number of nitrogens with zero attached hydrogens (tertiary/aromatic N) is 1. The largest absolute Gasteiger partial charge is 0.207 e. The minimum atomic E-state index is -1.11. The molecule has 0 aliphatic rings. The Balaban J connectivity index is 2.72. The second-order valence-corrected chi connectivity index (χ2v) is 3.55. The Morgan fingerprint density at radius 1 is 0.833 bits per heavy atom. The van der Waals surface area contributed by atoms with Crippen molar-refractivity contribution in [1.82, 2.24) is 0 Å². The van der Waals surface area contributed by atoms with Crippen LogP contribution in [-0.4, -0.2) is 0 Å². The summed E-state index contributed by atoms with van der Waals surface area (Å²) in [5, 5.41) is 8.53. The molecule has 5 heteroatoms. The first-order valence-corrected chi connectivity index (χ1v) is 4.87. The van der Waals surface area contributed by atoms with Crippen LogP contribution in [0.5, 0.6) is 0 Å². The minimum absolute atomic E-state index is 0.231. The molecular formula is C13H5F4N. The van der Waals surface area contributed by atoms with E-state index in [4.69, 9.17) is 5.26 Å². The van der Waals surface area contributed by atoms with Gasteiger partial charge in [-0.1, -0.05) is 0 Å². The number of hydrogen-bond acceptors (Lipinski definition) is 1. The van der Waals surface area contributed by atoms with E-state index in [2.05, 4.69) is 0 Å². The van der Waals surface area contributed by atoms with Gasteiger partial charge >= 0.3 is 0 Å². The molecule has 2 aromatic rings. The van der Waals surface area contributed by atoms with Gasteiger partial charge in [-0.25, -0.2) is 17.6 Å². The lowest BCUT2D eigenvalue weighted by Crippen LogP contribution is -1.95. The molecule has 0 bridgehead atoms. The molecular weight excluding hydrogens is 246 g/mol. The van der Waals surface area contributed by atoms with Crippen molar-refractivity contribution in [1.29, 1.82) is 5.26 Å². The van der Waals surface area contributed by atoms with Gasteiger partial charge in [0.05, 0.1) is 17.2 Å². The van der Waals surface area contributed by atoms with Crippen LogP contribution in [-0.2, 0) is 0 Å². The molecule has 0 saturated heterocycles. The van der Waals surface area contributed by atoms with Crippen LogP contribution in [0, 0.1) is 34.6 Å². The molecule has 0 atom stereocenters. The standard InChI is InChI=1S/C13H5F4N/c14-8-1-2-10(15)9(5-8)13-11(16)3-7(6-18)4-12(13)17/h1-5H. The van der Waals surface area contributed by atoms with Crippen LogP contribution in [0.4, 0.5) is 17.6 Å². The predicted molar refractivity (Wildman–Crippen MR) is 56.4 cm³/mol. The zero-order valence-corrected chi connectivity index (χ0v) is 8.85. The van der Waals surface area contributed by atoms with Gasteiger partial charge in [0.2, 0.25) is 0 Å². The lowest BCUT2D eigenvalue weighted by molar-refractivity contribution is 0.576. The van der Waals surface area contributed by atoms with Gasteiger partial charge in [-0.2, -0.15) is 5.26 Å². The van der Waals surface area contributed by atoms with Gasteiger partial charge in [-0.3, -0.25) is 0 Å². The van der Waals surface area contributed by atoms with Crippen LogP contribution < -0.4 is 0 Å². The smallest absolute Gasteiger partial charge is 0.135 e. The van der Waals surface area contributed by atoms with Crippen molar-refractivity contribution in [3.63, 3.8) is 0 Å². The molecule has 0 heterocycles. The Labute approximate surface area is 99.9 Å². The SMILES string of the molecule is N#Cc1cc(F)c(-c2cc(F)ccc2F)c(F)c1. The maximum Gasteiger partial charge on any atom is 0.135 e. The number of nitriles is 1. The van der Waals surface area contributed by atoms with Crippen molar-refractivity contribution in [2.24, 2.45) is 0 Å². The molecule has 0 amide bonds. The third-order valence-corrected chi connectivity index (χ3v) is 2.37. The fraction of sp³-hybridized carbons (Fsp3) is 0. The van der Waals surface area contributed by atoms with Crippen molar-refractivity contribution < 1.29 is 17.6 Å². The molecule has 0 radical (unpaired) electrons. The fourth-order valence-electron chi connectivity index (χ4n) is 1.58. The molecule has 0 saturated carbocycles. The zero-order chi connectivity index (χ0) is 13.3. The van der Waals surface area contributed by atoms with Crippen LogP contribution in [0.25, 0.3) is 11.1 Å². The minimum Gasteiger partial charge on any atom is -0.207 e. The lowest BCUT2D eigenvalue weighted by Gasteiger charge is -2.07. The summed E-state index contributed by atoms with van der Waals surface area (Å²) in [4.78, 5) is 0. The van der Waals surface area contributed by atoms with Gasteiger partial charge in [0.25, 0.3) is 0 Å². The molecule has 2 rings (SSSR count). The number of halogens is 4. The van der Waals surface area contributed by atoms with E-state index in [0.29, 0.717) is 6.07 Å². The van der Waals surface area contributed by atoms with E-state index in [-0.39, 0.29) is 5.56 Å². The Hall–Kier alpha value is -2.35. The maximum atomic E-state index is 13.6. The summed E-state index contributed by atoms with van der Waals surface area (Å²) in [6.07, 6.45) is 0. The predicted octanol–water partition coefficient (Wildman–Crippen LogP) is 3.78. The Morgan fingerprint density at radius 3 is 2.00 bits per heavy atom. The summed E-state index contributed by atoms with van der Waals surface area (Å²) in [7, 11) is 0. The van der Waals surface area contributed by atoms with Crippen LogP contribution in [0.2, 0.25) is 0 Å². The highest BCUT2D eigenvalue weighted by Crippen LogP contribution is 2.29. The highest BCUT2D eigenvalue weighted by molar-refractivity contribution is 5.66. The molecule has 1 nitrogen and oxygen atoms in total. The third-order valence-electron chi connectivity index (χ3n) is 2.37. The molecule has 90 valence electrons. The number of rotatable bonds is 1. The average Bonchev–Trinajstić information content (AvgIpc) is 2.32. The fourth-order valence-corrected chi connectivity index (χ4v) is 1.58. The van der Waals surface area contributed by atoms with Crippen molar-refractivity contribution in [3.8, 4) is 17.2 Å². The van der Waals surface area contributed by atoms with Crippen LogP contribution in [0.1, 0.15) is 5.56 Å². The van der Waals surface area contributed by atoms with Gasteiger partial charge in [0, 0.05) is 5.56 Å². The zero-order valence-electron chi connectivity index (χ0n) is 8.85. The summed E-state index contributed by atoms with van der Waals surface area (Å²) < 4.78 is 53.6. The summed E-state index contributed by atoms with van der Waals surface area (Å²) in [6, 6.07) is 5.42. The highest BCUT2D eigenvalue weighted by Gasteiger charge is 2.17. The Bertz CT molecular complexity index is 636. The molecule has 0 aromatic heterocycles. The Morgan fingerprint density at radius 2 is 1.44 bits per heavy atom. The summed E-state index contributed by atoms with van der Waals surface area (Å²) in [5.41, 5.74) is -1.44. The van der Waals surface area contributed by atoms with Gasteiger partial charge < -0.3 is 0 Å². The molecule has 0 N–H and O–H groups in total. The quantitative estimate of drug-likeness (QED) is 0.707. The topological polar surface area (TPSA) is 23.8 Å². The first kappa shape index (κ1) is 12.1. The Kier molecular flexibility index (Phi) is 3.02. The van der Waals surface area contributed by atoms with E-state index in [0.717, 1.165) is 24.3 Å². The molecule has 2 aromatic carbocycles. The normalized spacial score (nSPS) is 10.2. The second-order valence-electron chi connectivity index (χ2n) is 3.55. The number of hydrogen-bond donors (Lipinski definition) is 0. The van der Waals surface area contributed by atoms with E-state index in [1.54, 1.807) is 6.07 Å². The molecule has 0 aliphatic carbocycles. The van der Waals surface area contributed by atoms with E-state index in [1.165, 1.54) is 0 Å².